The molecule has 0 saturated carbocycles. The van der Waals surface area contributed by atoms with Crippen LogP contribution in [0.2, 0.25) is 5.02 Å². The second-order valence-electron chi connectivity index (χ2n) is 10.0. The lowest BCUT2D eigenvalue weighted by molar-refractivity contribution is -0.121. The minimum absolute atomic E-state index is 0.0360. The summed E-state index contributed by atoms with van der Waals surface area (Å²) in [6.07, 6.45) is 4.94. The van der Waals surface area contributed by atoms with Crippen molar-refractivity contribution in [2.45, 2.75) is 59.5 Å². The second kappa shape index (κ2) is 6.82. The Hall–Kier alpha value is -1.52. The average molecular weight is 390 g/mol. The molecule has 4 nitrogen and oxygen atoms in total. The fraction of sp³-hybridized carbons (Fsp3) is 0.591. The number of rotatable bonds is 2. The Morgan fingerprint density at radius 2 is 1.70 bits per heavy atom. The highest BCUT2D eigenvalue weighted by Gasteiger charge is 2.45. The molecule has 5 heteroatoms. The number of carbonyl (C=O) groups excluding carboxylic acids is 1. The zero-order valence-electron chi connectivity index (χ0n) is 17.6. The van der Waals surface area contributed by atoms with Crippen LogP contribution in [0.3, 0.4) is 0 Å². The average Bonchev–Trinajstić information content (AvgIpc) is 3.09. The van der Waals surface area contributed by atoms with E-state index in [-0.39, 0.29) is 22.9 Å². The van der Waals surface area contributed by atoms with E-state index in [1.54, 1.807) is 0 Å². The molecular weight excluding hydrogens is 358 g/mol. The van der Waals surface area contributed by atoms with E-state index in [2.05, 4.69) is 51.8 Å². The fourth-order valence-electron chi connectivity index (χ4n) is 4.07. The van der Waals surface area contributed by atoms with Crippen LogP contribution in [0.15, 0.2) is 24.5 Å². The van der Waals surface area contributed by atoms with E-state index in [4.69, 9.17) is 11.6 Å². The predicted octanol–water partition coefficient (Wildman–Crippen LogP) is 5.31. The van der Waals surface area contributed by atoms with Crippen molar-refractivity contribution in [3.8, 4) is 0 Å². The highest BCUT2D eigenvalue weighted by molar-refractivity contribution is 6.34. The van der Waals surface area contributed by atoms with Crippen LogP contribution in [0.1, 0.15) is 48.0 Å². The summed E-state index contributed by atoms with van der Waals surface area (Å²) in [4.78, 5) is 15.6. The van der Waals surface area contributed by atoms with Crippen molar-refractivity contribution >= 4 is 34.0 Å². The van der Waals surface area contributed by atoms with Crippen LogP contribution in [0.5, 0.6) is 0 Å². The highest BCUT2D eigenvalue weighted by atomic mass is 35.5. The molecule has 0 spiro atoms. The number of aromatic nitrogens is 1. The Balaban J connectivity index is 1.86. The molecule has 3 rings (SSSR count). The second-order valence-corrected chi connectivity index (χ2v) is 10.4. The minimum Gasteiger partial charge on any atom is -0.356 e. The van der Waals surface area contributed by atoms with E-state index in [0.29, 0.717) is 16.6 Å². The monoisotopic (exact) mass is 389 g/mol. The van der Waals surface area contributed by atoms with Crippen molar-refractivity contribution in [1.29, 1.82) is 0 Å². The molecule has 148 valence electrons. The van der Waals surface area contributed by atoms with E-state index >= 15 is 0 Å². The van der Waals surface area contributed by atoms with E-state index < -0.39 is 0 Å². The summed E-state index contributed by atoms with van der Waals surface area (Å²) in [5.41, 5.74) is 0.808. The topological polar surface area (TPSA) is 37.3 Å². The number of nitrogens with one attached hydrogen (secondary N) is 1. The Bertz CT molecular complexity index is 857. The van der Waals surface area contributed by atoms with Crippen molar-refractivity contribution in [2.24, 2.45) is 18.4 Å². The van der Waals surface area contributed by atoms with Gasteiger partial charge in [0.15, 0.2) is 0 Å². The smallest absolute Gasteiger partial charge is 0.241 e. The molecule has 1 aromatic carbocycles. The Morgan fingerprint density at radius 3 is 2.26 bits per heavy atom. The lowest BCUT2D eigenvalue weighted by Gasteiger charge is -2.36. The predicted molar refractivity (Wildman–Crippen MR) is 114 cm³/mol. The maximum absolute atomic E-state index is 13.2. The van der Waals surface area contributed by atoms with Crippen molar-refractivity contribution in [3.05, 3.63) is 29.5 Å². The lowest BCUT2D eigenvalue weighted by atomic mass is 9.79. The molecule has 2 aromatic rings. The number of fused-ring (bicyclic) bond motifs is 1. The molecule has 1 aliphatic heterocycles. The quantitative estimate of drug-likeness (QED) is 0.756. The van der Waals surface area contributed by atoms with Gasteiger partial charge in [0.25, 0.3) is 0 Å². The number of hydrogen-bond donors (Lipinski definition) is 1. The zero-order chi connectivity index (χ0) is 20.1. The molecule has 1 aliphatic rings. The van der Waals surface area contributed by atoms with Crippen LogP contribution in [-0.2, 0) is 11.8 Å². The number of aryl methyl sites for hydroxylation is 1. The highest BCUT2D eigenvalue weighted by Crippen LogP contribution is 2.40. The molecule has 0 aliphatic carbocycles. The first kappa shape index (κ1) is 20.2. The maximum atomic E-state index is 13.2. The number of carbonyl (C=O) groups is 1. The number of hydrogen-bond acceptors (Lipinski definition) is 2. The van der Waals surface area contributed by atoms with Gasteiger partial charge in [0.1, 0.15) is 0 Å². The van der Waals surface area contributed by atoms with Crippen LogP contribution in [-0.4, -0.2) is 33.5 Å². The van der Waals surface area contributed by atoms with Crippen LogP contribution >= 0.6 is 11.6 Å². The third-order valence-corrected chi connectivity index (χ3v) is 6.12. The van der Waals surface area contributed by atoms with Crippen molar-refractivity contribution in [3.63, 3.8) is 0 Å². The van der Waals surface area contributed by atoms with Crippen molar-refractivity contribution in [2.75, 3.05) is 11.9 Å². The van der Waals surface area contributed by atoms with Crippen molar-refractivity contribution < 1.29 is 4.79 Å². The number of benzene rings is 1. The molecule has 1 unspecified atom stereocenters. The molecule has 1 saturated heterocycles. The van der Waals surface area contributed by atoms with E-state index in [0.717, 1.165) is 23.7 Å². The van der Waals surface area contributed by atoms with Gasteiger partial charge in [0, 0.05) is 42.3 Å². The van der Waals surface area contributed by atoms with Gasteiger partial charge in [-0.2, -0.15) is 0 Å². The third-order valence-electron chi connectivity index (χ3n) is 5.81. The SMILES string of the molecule is Cn1cc2cc(Cl)c(NC(=O)[C@@H]3CC(C(C)(C)C)CN3C(C)(C)C)cc2c1. The molecule has 2 heterocycles. The van der Waals surface area contributed by atoms with Gasteiger partial charge in [-0.25, -0.2) is 0 Å². The van der Waals surface area contributed by atoms with Gasteiger partial charge in [-0.15, -0.1) is 0 Å². The van der Waals surface area contributed by atoms with Crippen LogP contribution in [0.4, 0.5) is 5.69 Å². The first-order chi connectivity index (χ1) is 12.4. The molecule has 0 bridgehead atoms. The van der Waals surface area contributed by atoms with Gasteiger partial charge < -0.3 is 9.88 Å². The summed E-state index contributed by atoms with van der Waals surface area (Å²) in [5.74, 6) is 0.522. The first-order valence-corrected chi connectivity index (χ1v) is 10.1. The Morgan fingerprint density at radius 1 is 1.11 bits per heavy atom. The summed E-state index contributed by atoms with van der Waals surface area (Å²) >= 11 is 6.45. The third kappa shape index (κ3) is 4.17. The largest absolute Gasteiger partial charge is 0.356 e. The van der Waals surface area contributed by atoms with Gasteiger partial charge in [0.2, 0.25) is 5.91 Å². The van der Waals surface area contributed by atoms with Crippen molar-refractivity contribution in [1.82, 2.24) is 9.47 Å². The Kier molecular flexibility index (Phi) is 5.11. The summed E-state index contributed by atoms with van der Waals surface area (Å²) in [5, 5.41) is 5.83. The normalized spacial score (nSPS) is 21.8. The Labute approximate surface area is 167 Å². The summed E-state index contributed by atoms with van der Waals surface area (Å²) < 4.78 is 2.00. The molecular formula is C22H32ClN3O. The lowest BCUT2D eigenvalue weighted by Crippen LogP contribution is -2.49. The van der Waals surface area contributed by atoms with Gasteiger partial charge in [-0.1, -0.05) is 32.4 Å². The molecule has 27 heavy (non-hydrogen) atoms. The standard InChI is InChI=1S/C22H32ClN3O/c1-21(2,3)16-10-19(26(13-16)22(4,5)6)20(27)24-18-9-15-12-25(7)11-14(15)8-17(18)23/h8-9,11-12,16,19H,10,13H2,1-7H3,(H,24,27)/t16?,19-/m0/s1. The van der Waals surface area contributed by atoms with Gasteiger partial charge >= 0.3 is 0 Å². The molecule has 1 aromatic heterocycles. The summed E-state index contributed by atoms with van der Waals surface area (Å²) in [7, 11) is 1.98. The van der Waals surface area contributed by atoms with E-state index in [9.17, 15) is 4.79 Å². The molecule has 1 fully saturated rings. The number of amides is 1. The zero-order valence-corrected chi connectivity index (χ0v) is 18.3. The van der Waals surface area contributed by atoms with Gasteiger partial charge in [-0.05, 0) is 50.7 Å². The van der Waals surface area contributed by atoms with E-state index in [1.807, 2.05) is 36.1 Å². The van der Waals surface area contributed by atoms with Crippen LogP contribution in [0, 0.1) is 11.3 Å². The molecule has 1 N–H and O–H groups in total. The maximum Gasteiger partial charge on any atom is 0.241 e. The first-order valence-electron chi connectivity index (χ1n) is 9.69. The molecule has 0 radical (unpaired) electrons. The number of nitrogens with zero attached hydrogens (tertiary/aromatic N) is 2. The summed E-state index contributed by atoms with van der Waals surface area (Å²) in [6.45, 7) is 14.3. The molecule has 2 atom stereocenters. The minimum atomic E-state index is -0.142. The summed E-state index contributed by atoms with van der Waals surface area (Å²) in [6, 6.07) is 3.74. The number of halogens is 1. The van der Waals surface area contributed by atoms with Gasteiger partial charge in [0.05, 0.1) is 16.8 Å². The fourth-order valence-corrected chi connectivity index (χ4v) is 4.29. The van der Waals surface area contributed by atoms with Gasteiger partial charge in [-0.3, -0.25) is 9.69 Å². The number of likely N-dealkylation sites (tertiary alicyclic amines) is 1. The number of anilines is 1. The van der Waals surface area contributed by atoms with E-state index in [1.165, 1.54) is 0 Å². The molecule has 1 amide bonds. The van der Waals surface area contributed by atoms with Crippen LogP contribution in [0.25, 0.3) is 10.8 Å². The van der Waals surface area contributed by atoms with Crippen LogP contribution < -0.4 is 5.32 Å².